The summed E-state index contributed by atoms with van der Waals surface area (Å²) in [7, 11) is -3.66. The molecular weight excluding hydrogens is 326 g/mol. The molecular formula is C18H21NO4S. The van der Waals surface area contributed by atoms with Crippen LogP contribution in [0.15, 0.2) is 53.4 Å². The van der Waals surface area contributed by atoms with Gasteiger partial charge in [0, 0.05) is 6.54 Å². The third-order valence-corrected chi connectivity index (χ3v) is 5.15. The Morgan fingerprint density at radius 2 is 1.75 bits per heavy atom. The van der Waals surface area contributed by atoms with Crippen molar-refractivity contribution in [3.05, 3.63) is 65.2 Å². The van der Waals surface area contributed by atoms with E-state index in [0.717, 1.165) is 5.56 Å². The summed E-state index contributed by atoms with van der Waals surface area (Å²) in [6.45, 7) is 4.06. The van der Waals surface area contributed by atoms with Crippen LogP contribution in [0.1, 0.15) is 36.5 Å². The first-order valence-electron chi connectivity index (χ1n) is 7.68. The van der Waals surface area contributed by atoms with Crippen molar-refractivity contribution < 1.29 is 18.3 Å². The summed E-state index contributed by atoms with van der Waals surface area (Å²) in [4.78, 5) is 11.1. The number of benzene rings is 2. The lowest BCUT2D eigenvalue weighted by atomic mass is 10.0. The number of sulfonamides is 1. The summed E-state index contributed by atoms with van der Waals surface area (Å²) in [5, 5.41) is 8.94. The van der Waals surface area contributed by atoms with Gasteiger partial charge in [-0.15, -0.1) is 0 Å². The number of hydrogen-bond donors (Lipinski definition) is 2. The maximum Gasteiger partial charge on any atom is 0.307 e. The largest absolute Gasteiger partial charge is 0.481 e. The van der Waals surface area contributed by atoms with Crippen molar-refractivity contribution in [2.24, 2.45) is 0 Å². The Kier molecular flexibility index (Phi) is 5.75. The van der Waals surface area contributed by atoms with Crippen molar-refractivity contribution >= 4 is 16.0 Å². The Morgan fingerprint density at radius 3 is 2.38 bits per heavy atom. The molecule has 0 unspecified atom stereocenters. The van der Waals surface area contributed by atoms with E-state index in [1.807, 2.05) is 19.9 Å². The van der Waals surface area contributed by atoms with Gasteiger partial charge in [-0.3, -0.25) is 4.79 Å². The van der Waals surface area contributed by atoms with Gasteiger partial charge in [-0.25, -0.2) is 13.1 Å². The number of nitrogens with one attached hydrogen (secondary N) is 1. The zero-order valence-electron chi connectivity index (χ0n) is 13.7. The van der Waals surface area contributed by atoms with E-state index in [1.165, 1.54) is 0 Å². The van der Waals surface area contributed by atoms with Crippen LogP contribution in [-0.2, 0) is 27.8 Å². The molecule has 2 aromatic rings. The fourth-order valence-corrected chi connectivity index (χ4v) is 3.42. The standard InChI is InChI=1S/C18H21NO4S/c1-13(2)14-8-5-9-17(10-14)24(22,23)19-12-16-7-4-3-6-15(16)11-18(20)21/h3-10,13,19H,11-12H2,1-2H3,(H,20,21). The molecule has 24 heavy (non-hydrogen) atoms. The summed E-state index contributed by atoms with van der Waals surface area (Å²) in [6.07, 6.45) is -0.138. The third kappa shape index (κ3) is 4.66. The highest BCUT2D eigenvalue weighted by molar-refractivity contribution is 7.89. The monoisotopic (exact) mass is 347 g/mol. The third-order valence-electron chi connectivity index (χ3n) is 3.75. The second-order valence-corrected chi connectivity index (χ2v) is 7.66. The smallest absolute Gasteiger partial charge is 0.307 e. The van der Waals surface area contributed by atoms with Crippen LogP contribution >= 0.6 is 0 Å². The maximum atomic E-state index is 12.5. The van der Waals surface area contributed by atoms with Gasteiger partial charge in [-0.05, 0) is 34.7 Å². The quantitative estimate of drug-likeness (QED) is 0.807. The highest BCUT2D eigenvalue weighted by Crippen LogP contribution is 2.19. The minimum absolute atomic E-state index is 0.0533. The summed E-state index contributed by atoms with van der Waals surface area (Å²) in [6, 6.07) is 13.8. The van der Waals surface area contributed by atoms with Crippen LogP contribution in [0.5, 0.6) is 0 Å². The summed E-state index contributed by atoms with van der Waals surface area (Å²) in [5.74, 6) is -0.716. The second kappa shape index (κ2) is 7.59. The van der Waals surface area contributed by atoms with Crippen LogP contribution in [-0.4, -0.2) is 19.5 Å². The number of carbonyl (C=O) groups is 1. The molecule has 128 valence electrons. The van der Waals surface area contributed by atoms with Gasteiger partial charge in [0.2, 0.25) is 10.0 Å². The van der Waals surface area contributed by atoms with Gasteiger partial charge < -0.3 is 5.11 Å². The fourth-order valence-electron chi connectivity index (χ4n) is 2.36. The van der Waals surface area contributed by atoms with Crippen molar-refractivity contribution in [1.82, 2.24) is 4.72 Å². The van der Waals surface area contributed by atoms with E-state index in [-0.39, 0.29) is 23.8 Å². The molecule has 2 rings (SSSR count). The van der Waals surface area contributed by atoms with Gasteiger partial charge in [0.25, 0.3) is 0 Å². The van der Waals surface area contributed by atoms with Crippen molar-refractivity contribution in [3.63, 3.8) is 0 Å². The fraction of sp³-hybridized carbons (Fsp3) is 0.278. The molecule has 0 spiro atoms. The molecule has 2 N–H and O–H groups in total. The van der Waals surface area contributed by atoms with Crippen LogP contribution in [0.25, 0.3) is 0 Å². The van der Waals surface area contributed by atoms with Gasteiger partial charge in [-0.1, -0.05) is 50.2 Å². The maximum absolute atomic E-state index is 12.5. The molecule has 0 aliphatic carbocycles. The van der Waals surface area contributed by atoms with E-state index >= 15 is 0 Å². The molecule has 0 atom stereocenters. The van der Waals surface area contributed by atoms with Gasteiger partial charge in [0.1, 0.15) is 0 Å². The first-order valence-corrected chi connectivity index (χ1v) is 9.16. The number of carboxylic acid groups (broad SMARTS) is 1. The number of carboxylic acids is 1. The predicted octanol–water partition coefficient (Wildman–Crippen LogP) is 2.92. The highest BCUT2D eigenvalue weighted by Gasteiger charge is 2.16. The van der Waals surface area contributed by atoms with Crippen molar-refractivity contribution in [3.8, 4) is 0 Å². The van der Waals surface area contributed by atoms with E-state index in [0.29, 0.717) is 11.1 Å². The molecule has 0 saturated carbocycles. The molecule has 0 aromatic heterocycles. The molecule has 0 fully saturated rings. The lowest BCUT2D eigenvalue weighted by Crippen LogP contribution is -2.24. The van der Waals surface area contributed by atoms with Gasteiger partial charge >= 0.3 is 5.97 Å². The Bertz CT molecular complexity index is 828. The van der Waals surface area contributed by atoms with Gasteiger partial charge in [0.15, 0.2) is 0 Å². The zero-order valence-corrected chi connectivity index (χ0v) is 14.5. The van der Waals surface area contributed by atoms with Gasteiger partial charge in [-0.2, -0.15) is 0 Å². The Labute approximate surface area is 142 Å². The average molecular weight is 347 g/mol. The van der Waals surface area contributed by atoms with Crippen LogP contribution in [0, 0.1) is 0 Å². The second-order valence-electron chi connectivity index (χ2n) is 5.89. The minimum Gasteiger partial charge on any atom is -0.481 e. The highest BCUT2D eigenvalue weighted by atomic mass is 32.2. The van der Waals surface area contributed by atoms with Crippen LogP contribution in [0.2, 0.25) is 0 Å². The molecule has 0 aliphatic rings. The van der Waals surface area contributed by atoms with Crippen molar-refractivity contribution in [1.29, 1.82) is 0 Å². The van der Waals surface area contributed by atoms with E-state index in [4.69, 9.17) is 5.11 Å². The normalized spacial score (nSPS) is 11.6. The first-order chi connectivity index (χ1) is 11.3. The SMILES string of the molecule is CC(C)c1cccc(S(=O)(=O)NCc2ccccc2CC(=O)O)c1. The molecule has 0 bridgehead atoms. The Hall–Kier alpha value is -2.18. The summed E-state index contributed by atoms with van der Waals surface area (Å²) in [5.41, 5.74) is 2.20. The van der Waals surface area contributed by atoms with E-state index < -0.39 is 16.0 Å². The first kappa shape index (κ1) is 18.2. The molecule has 0 aliphatic heterocycles. The van der Waals surface area contributed by atoms with Crippen molar-refractivity contribution in [2.75, 3.05) is 0 Å². The topological polar surface area (TPSA) is 83.5 Å². The minimum atomic E-state index is -3.66. The van der Waals surface area contributed by atoms with Crippen molar-refractivity contribution in [2.45, 2.75) is 37.6 Å². The van der Waals surface area contributed by atoms with Gasteiger partial charge in [0.05, 0.1) is 11.3 Å². The average Bonchev–Trinajstić information content (AvgIpc) is 2.53. The molecule has 0 heterocycles. The lowest BCUT2D eigenvalue weighted by molar-refractivity contribution is -0.136. The number of hydrogen-bond acceptors (Lipinski definition) is 3. The van der Waals surface area contributed by atoms with E-state index in [9.17, 15) is 13.2 Å². The zero-order chi connectivity index (χ0) is 17.7. The van der Waals surface area contributed by atoms with Crippen LogP contribution in [0.4, 0.5) is 0 Å². The van der Waals surface area contributed by atoms with E-state index in [2.05, 4.69) is 4.72 Å². The molecule has 6 heteroatoms. The molecule has 0 saturated heterocycles. The lowest BCUT2D eigenvalue weighted by Gasteiger charge is -2.12. The molecule has 0 amide bonds. The Balaban J connectivity index is 2.19. The molecule has 5 nitrogen and oxygen atoms in total. The van der Waals surface area contributed by atoms with Crippen LogP contribution < -0.4 is 4.72 Å². The number of aliphatic carboxylic acids is 1. The Morgan fingerprint density at radius 1 is 1.08 bits per heavy atom. The molecule has 0 radical (unpaired) electrons. The van der Waals surface area contributed by atoms with E-state index in [1.54, 1.807) is 42.5 Å². The van der Waals surface area contributed by atoms with Crippen LogP contribution in [0.3, 0.4) is 0 Å². The molecule has 2 aromatic carbocycles. The summed E-state index contributed by atoms with van der Waals surface area (Å²) < 4.78 is 27.5. The number of rotatable bonds is 7. The summed E-state index contributed by atoms with van der Waals surface area (Å²) >= 11 is 0. The predicted molar refractivity (Wildman–Crippen MR) is 92.3 cm³/mol.